The molecule has 1 aromatic carbocycles. The van der Waals surface area contributed by atoms with Crippen molar-refractivity contribution in [3.05, 3.63) is 60.2 Å². The van der Waals surface area contributed by atoms with Gasteiger partial charge in [-0.1, -0.05) is 6.07 Å². The summed E-state index contributed by atoms with van der Waals surface area (Å²) in [5.41, 5.74) is 1.07. The van der Waals surface area contributed by atoms with E-state index in [9.17, 15) is 9.18 Å². The highest BCUT2D eigenvalue weighted by molar-refractivity contribution is 7.99. The third-order valence-corrected chi connectivity index (χ3v) is 5.25. The number of nitrogens with zero attached hydrogens (tertiary/aromatic N) is 3. The van der Waals surface area contributed by atoms with E-state index in [1.165, 1.54) is 12.1 Å². The van der Waals surface area contributed by atoms with Crippen LogP contribution >= 0.6 is 11.8 Å². The number of hydrogen-bond donors (Lipinski definition) is 0. The second-order valence-corrected chi connectivity index (χ2v) is 7.20. The molecule has 1 aliphatic rings. The van der Waals surface area contributed by atoms with Gasteiger partial charge < -0.3 is 4.90 Å². The molecule has 2 aromatic rings. The topological polar surface area (TPSA) is 36.4 Å². The Morgan fingerprint density at radius 1 is 1.08 bits per heavy atom. The minimum atomic E-state index is -0.232. The molecule has 132 valence electrons. The summed E-state index contributed by atoms with van der Waals surface area (Å²) in [6.07, 6.45) is 2.33. The number of hydrogen-bond acceptors (Lipinski definition) is 4. The number of aromatic nitrogens is 1. The van der Waals surface area contributed by atoms with Crippen molar-refractivity contribution in [1.82, 2.24) is 14.8 Å². The number of carbonyl (C=O) groups excluding carboxylic acids is 1. The highest BCUT2D eigenvalue weighted by Gasteiger charge is 2.20. The van der Waals surface area contributed by atoms with Crippen LogP contribution in [0.4, 0.5) is 4.39 Å². The first kappa shape index (κ1) is 17.9. The summed E-state index contributed by atoms with van der Waals surface area (Å²) < 4.78 is 12.9. The monoisotopic (exact) mass is 359 g/mol. The normalized spacial score (nSPS) is 15.3. The molecule has 2 heterocycles. The SMILES string of the molecule is O=C(CCSc1ccc(F)cc1)N1CCN(Cc2ccccn2)CC1. The Labute approximate surface area is 152 Å². The zero-order valence-corrected chi connectivity index (χ0v) is 14.9. The molecule has 0 N–H and O–H groups in total. The Bertz CT molecular complexity index is 673. The lowest BCUT2D eigenvalue weighted by molar-refractivity contribution is -0.132. The Hall–Kier alpha value is -1.92. The molecule has 1 saturated heterocycles. The van der Waals surface area contributed by atoms with Gasteiger partial charge in [0.15, 0.2) is 0 Å². The zero-order valence-electron chi connectivity index (χ0n) is 14.1. The van der Waals surface area contributed by atoms with Crippen LogP contribution in [0.25, 0.3) is 0 Å². The molecule has 25 heavy (non-hydrogen) atoms. The largest absolute Gasteiger partial charge is 0.340 e. The molecular formula is C19H22FN3OS. The van der Waals surface area contributed by atoms with Crippen LogP contribution in [0, 0.1) is 5.82 Å². The number of rotatable bonds is 6. The van der Waals surface area contributed by atoms with Gasteiger partial charge in [-0.2, -0.15) is 0 Å². The second-order valence-electron chi connectivity index (χ2n) is 6.03. The molecule has 0 bridgehead atoms. The first-order valence-electron chi connectivity index (χ1n) is 8.49. The summed E-state index contributed by atoms with van der Waals surface area (Å²) in [6, 6.07) is 12.4. The van der Waals surface area contributed by atoms with E-state index in [1.807, 2.05) is 29.3 Å². The van der Waals surface area contributed by atoms with Gasteiger partial charge in [-0.25, -0.2) is 4.39 Å². The van der Waals surface area contributed by atoms with Gasteiger partial charge in [-0.15, -0.1) is 11.8 Å². The maximum Gasteiger partial charge on any atom is 0.223 e. The van der Waals surface area contributed by atoms with E-state index in [2.05, 4.69) is 9.88 Å². The van der Waals surface area contributed by atoms with Gasteiger partial charge in [-0.05, 0) is 36.4 Å². The van der Waals surface area contributed by atoms with Gasteiger partial charge in [0, 0.05) is 56.0 Å². The molecule has 6 heteroatoms. The van der Waals surface area contributed by atoms with Crippen molar-refractivity contribution in [3.63, 3.8) is 0 Å². The predicted octanol–water partition coefficient (Wildman–Crippen LogP) is 3.05. The summed E-state index contributed by atoms with van der Waals surface area (Å²) in [5.74, 6) is 0.689. The summed E-state index contributed by atoms with van der Waals surface area (Å²) >= 11 is 1.59. The smallest absolute Gasteiger partial charge is 0.223 e. The third kappa shape index (κ3) is 5.54. The van der Waals surface area contributed by atoms with Crippen molar-refractivity contribution in [2.24, 2.45) is 0 Å². The van der Waals surface area contributed by atoms with E-state index < -0.39 is 0 Å². The quantitative estimate of drug-likeness (QED) is 0.743. The minimum absolute atomic E-state index is 0.201. The van der Waals surface area contributed by atoms with E-state index in [4.69, 9.17) is 0 Å². The maximum atomic E-state index is 12.9. The van der Waals surface area contributed by atoms with Crippen LogP contribution in [-0.2, 0) is 11.3 Å². The summed E-state index contributed by atoms with van der Waals surface area (Å²) in [5, 5.41) is 0. The number of carbonyl (C=O) groups is 1. The van der Waals surface area contributed by atoms with E-state index in [0.717, 1.165) is 49.1 Å². The molecule has 0 saturated carbocycles. The molecule has 1 aliphatic heterocycles. The highest BCUT2D eigenvalue weighted by atomic mass is 32.2. The fraction of sp³-hybridized carbons (Fsp3) is 0.368. The maximum absolute atomic E-state index is 12.9. The molecule has 1 amide bonds. The summed E-state index contributed by atoms with van der Waals surface area (Å²) in [7, 11) is 0. The molecule has 0 radical (unpaired) electrons. The molecule has 0 unspecified atom stereocenters. The van der Waals surface area contributed by atoms with Crippen molar-refractivity contribution in [2.75, 3.05) is 31.9 Å². The summed E-state index contributed by atoms with van der Waals surface area (Å²) in [6.45, 7) is 4.14. The van der Waals surface area contributed by atoms with Crippen LogP contribution in [0.2, 0.25) is 0 Å². The average molecular weight is 359 g/mol. The molecule has 0 spiro atoms. The Balaban J connectivity index is 1.37. The fourth-order valence-corrected chi connectivity index (χ4v) is 3.66. The number of piperazine rings is 1. The van der Waals surface area contributed by atoms with Crippen molar-refractivity contribution in [3.8, 4) is 0 Å². The number of thioether (sulfide) groups is 1. The Morgan fingerprint density at radius 3 is 2.52 bits per heavy atom. The lowest BCUT2D eigenvalue weighted by Gasteiger charge is -2.34. The van der Waals surface area contributed by atoms with Gasteiger partial charge in [0.05, 0.1) is 5.69 Å². The van der Waals surface area contributed by atoms with Crippen LogP contribution in [0.1, 0.15) is 12.1 Å². The van der Waals surface area contributed by atoms with Gasteiger partial charge in [0.25, 0.3) is 0 Å². The number of halogens is 1. The van der Waals surface area contributed by atoms with Crippen molar-refractivity contribution in [2.45, 2.75) is 17.9 Å². The highest BCUT2D eigenvalue weighted by Crippen LogP contribution is 2.19. The number of pyridine rings is 1. The Kier molecular flexibility index (Phi) is 6.42. The minimum Gasteiger partial charge on any atom is -0.340 e. The molecule has 4 nitrogen and oxygen atoms in total. The molecule has 3 rings (SSSR count). The molecule has 0 atom stereocenters. The molecule has 1 aromatic heterocycles. The lowest BCUT2D eigenvalue weighted by atomic mass is 10.2. The fourth-order valence-electron chi connectivity index (χ4n) is 2.82. The van der Waals surface area contributed by atoms with Crippen LogP contribution < -0.4 is 0 Å². The lowest BCUT2D eigenvalue weighted by Crippen LogP contribution is -2.48. The van der Waals surface area contributed by atoms with Gasteiger partial charge in [-0.3, -0.25) is 14.7 Å². The Morgan fingerprint density at radius 2 is 1.84 bits per heavy atom. The first-order chi connectivity index (χ1) is 12.2. The molecular weight excluding hydrogens is 337 g/mol. The van der Waals surface area contributed by atoms with Crippen LogP contribution in [0.3, 0.4) is 0 Å². The second kappa shape index (κ2) is 8.97. The van der Waals surface area contributed by atoms with Crippen molar-refractivity contribution < 1.29 is 9.18 Å². The first-order valence-corrected chi connectivity index (χ1v) is 9.48. The molecule has 1 fully saturated rings. The number of amides is 1. The van der Waals surface area contributed by atoms with Gasteiger partial charge >= 0.3 is 0 Å². The van der Waals surface area contributed by atoms with Crippen LogP contribution in [0.5, 0.6) is 0 Å². The zero-order chi connectivity index (χ0) is 17.5. The van der Waals surface area contributed by atoms with Gasteiger partial charge in [0.1, 0.15) is 5.82 Å². The van der Waals surface area contributed by atoms with Crippen LogP contribution in [-0.4, -0.2) is 52.6 Å². The van der Waals surface area contributed by atoms with Crippen molar-refractivity contribution in [1.29, 1.82) is 0 Å². The standard InChI is InChI=1S/C19H22FN3OS/c20-16-4-6-18(7-5-16)25-14-8-19(24)23-12-10-22(11-13-23)15-17-3-1-2-9-21-17/h1-7,9H,8,10-15H2. The van der Waals surface area contributed by atoms with Gasteiger partial charge in [0.2, 0.25) is 5.91 Å². The molecule has 0 aliphatic carbocycles. The van der Waals surface area contributed by atoms with Crippen molar-refractivity contribution >= 4 is 17.7 Å². The number of benzene rings is 1. The van der Waals surface area contributed by atoms with E-state index in [1.54, 1.807) is 23.9 Å². The average Bonchev–Trinajstić information content (AvgIpc) is 2.65. The summed E-state index contributed by atoms with van der Waals surface area (Å²) in [4.78, 5) is 22.0. The third-order valence-electron chi connectivity index (χ3n) is 4.24. The predicted molar refractivity (Wildman–Crippen MR) is 97.8 cm³/mol. The van der Waals surface area contributed by atoms with E-state index in [0.29, 0.717) is 6.42 Å². The van der Waals surface area contributed by atoms with Crippen LogP contribution in [0.15, 0.2) is 53.6 Å². The van der Waals surface area contributed by atoms with E-state index in [-0.39, 0.29) is 11.7 Å². The van der Waals surface area contributed by atoms with E-state index >= 15 is 0 Å².